The third kappa shape index (κ3) is 7.02. The molecule has 0 aromatic heterocycles. The Morgan fingerprint density at radius 2 is 1.19 bits per heavy atom. The van der Waals surface area contributed by atoms with Crippen LogP contribution in [-0.2, 0) is 9.47 Å². The van der Waals surface area contributed by atoms with E-state index in [1.165, 1.54) is 6.42 Å². The first-order valence-corrected chi connectivity index (χ1v) is 10.7. The second kappa shape index (κ2) is 12.6. The lowest BCUT2D eigenvalue weighted by Crippen LogP contribution is -2.31. The number of benzene rings is 2. The molecule has 1 aliphatic carbocycles. The van der Waals surface area contributed by atoms with Crippen LogP contribution in [0.15, 0.2) is 70.9 Å². The van der Waals surface area contributed by atoms with Crippen molar-refractivity contribution in [1.29, 1.82) is 0 Å². The molecule has 31 heavy (non-hydrogen) atoms. The van der Waals surface area contributed by atoms with Gasteiger partial charge in [-0.2, -0.15) is 0 Å². The number of hydrogen-bond acceptors (Lipinski definition) is 4. The van der Waals surface area contributed by atoms with Crippen LogP contribution in [0.3, 0.4) is 0 Å². The van der Waals surface area contributed by atoms with Gasteiger partial charge in [0.25, 0.3) is 0 Å². The SMILES string of the molecule is [N-]=[N+]=NC(COC(OCC(N=[N+]=[N-])c1ccccc1)C1CCCCC1)c1ccccc1. The Morgan fingerprint density at radius 3 is 1.61 bits per heavy atom. The molecule has 162 valence electrons. The van der Waals surface area contributed by atoms with Gasteiger partial charge in [0, 0.05) is 15.7 Å². The van der Waals surface area contributed by atoms with Crippen LogP contribution in [0, 0.1) is 5.92 Å². The van der Waals surface area contributed by atoms with Gasteiger partial charge in [-0.15, -0.1) is 0 Å². The predicted molar refractivity (Wildman–Crippen MR) is 119 cm³/mol. The fourth-order valence-corrected chi connectivity index (χ4v) is 3.97. The number of nitrogens with zero attached hydrogens (tertiary/aromatic N) is 6. The summed E-state index contributed by atoms with van der Waals surface area (Å²) in [7, 11) is 0. The minimum absolute atomic E-state index is 0.229. The normalized spacial score (nSPS) is 17.0. The maximum Gasteiger partial charge on any atom is 0.160 e. The lowest BCUT2D eigenvalue weighted by molar-refractivity contribution is -0.182. The molecule has 0 N–H and O–H groups in total. The molecule has 2 unspecified atom stereocenters. The van der Waals surface area contributed by atoms with Crippen molar-refractivity contribution in [3.8, 4) is 0 Å². The highest BCUT2D eigenvalue weighted by Gasteiger charge is 2.27. The van der Waals surface area contributed by atoms with Crippen LogP contribution >= 0.6 is 0 Å². The van der Waals surface area contributed by atoms with Crippen molar-refractivity contribution in [2.24, 2.45) is 16.1 Å². The van der Waals surface area contributed by atoms with Crippen LogP contribution in [0.5, 0.6) is 0 Å². The Labute approximate surface area is 182 Å². The lowest BCUT2D eigenvalue weighted by atomic mass is 9.88. The third-order valence-electron chi connectivity index (χ3n) is 5.62. The van der Waals surface area contributed by atoms with E-state index in [4.69, 9.17) is 20.5 Å². The highest BCUT2D eigenvalue weighted by Crippen LogP contribution is 2.31. The van der Waals surface area contributed by atoms with Crippen molar-refractivity contribution >= 4 is 0 Å². The van der Waals surface area contributed by atoms with Crippen molar-refractivity contribution in [2.45, 2.75) is 50.5 Å². The van der Waals surface area contributed by atoms with Crippen LogP contribution in [0.4, 0.5) is 0 Å². The van der Waals surface area contributed by atoms with Crippen molar-refractivity contribution < 1.29 is 9.47 Å². The zero-order valence-corrected chi connectivity index (χ0v) is 17.5. The Balaban J connectivity index is 1.70. The van der Waals surface area contributed by atoms with Gasteiger partial charge in [0.2, 0.25) is 0 Å². The quantitative estimate of drug-likeness (QED) is 0.168. The Morgan fingerprint density at radius 1 is 0.742 bits per heavy atom. The molecule has 0 bridgehead atoms. The molecular weight excluding hydrogens is 392 g/mol. The van der Waals surface area contributed by atoms with Crippen molar-refractivity contribution in [3.63, 3.8) is 0 Å². The van der Waals surface area contributed by atoms with E-state index in [2.05, 4.69) is 20.1 Å². The fourth-order valence-electron chi connectivity index (χ4n) is 3.97. The Kier molecular flexibility index (Phi) is 9.23. The summed E-state index contributed by atoms with van der Waals surface area (Å²) in [6, 6.07) is 18.3. The lowest BCUT2D eigenvalue weighted by Gasteiger charge is -2.31. The molecule has 1 saturated carbocycles. The molecule has 2 atom stereocenters. The first kappa shape index (κ1) is 22.7. The summed E-state index contributed by atoms with van der Waals surface area (Å²) in [5.74, 6) is 0.263. The molecule has 0 spiro atoms. The average molecular weight is 421 g/mol. The molecule has 2 aromatic carbocycles. The molecule has 2 aromatic rings. The summed E-state index contributed by atoms with van der Waals surface area (Å²) >= 11 is 0. The van der Waals surface area contributed by atoms with Crippen LogP contribution in [0.25, 0.3) is 20.9 Å². The molecule has 0 saturated heterocycles. The predicted octanol–water partition coefficient (Wildman–Crippen LogP) is 7.03. The van der Waals surface area contributed by atoms with Crippen LogP contribution in [0.2, 0.25) is 0 Å². The van der Waals surface area contributed by atoms with Crippen molar-refractivity contribution in [1.82, 2.24) is 0 Å². The summed E-state index contributed by atoms with van der Waals surface area (Å²) in [4.78, 5) is 5.98. The Hall–Kier alpha value is -3.02. The monoisotopic (exact) mass is 420 g/mol. The van der Waals surface area contributed by atoms with Crippen LogP contribution < -0.4 is 0 Å². The van der Waals surface area contributed by atoms with Gasteiger partial charge in [0.1, 0.15) is 0 Å². The summed E-state index contributed by atoms with van der Waals surface area (Å²) in [6.07, 6.45) is 5.12. The largest absolute Gasteiger partial charge is 0.352 e. The van der Waals surface area contributed by atoms with Crippen LogP contribution in [-0.4, -0.2) is 19.5 Å². The maximum absolute atomic E-state index is 9.00. The van der Waals surface area contributed by atoms with Crippen LogP contribution in [0.1, 0.15) is 55.3 Å². The van der Waals surface area contributed by atoms with Gasteiger partial charge in [-0.25, -0.2) is 0 Å². The topological polar surface area (TPSA) is 116 Å². The summed E-state index contributed by atoms with van der Waals surface area (Å²) in [6.45, 7) is 0.458. The number of ether oxygens (including phenoxy) is 2. The second-order valence-electron chi connectivity index (χ2n) is 7.70. The smallest absolute Gasteiger partial charge is 0.160 e. The highest BCUT2D eigenvalue weighted by molar-refractivity contribution is 5.20. The molecule has 0 heterocycles. The number of hydrogen-bond donors (Lipinski definition) is 0. The van der Waals surface area contributed by atoms with Gasteiger partial charge in [-0.05, 0) is 35.0 Å². The standard InChI is InChI=1S/C23H28N6O2/c24-28-26-21(18-10-4-1-5-11-18)16-30-23(20-14-8-3-9-15-20)31-17-22(27-29-25)19-12-6-2-7-13-19/h1-2,4-7,10-13,20-23H,3,8-9,14-17H2. The first-order valence-electron chi connectivity index (χ1n) is 10.7. The summed E-state index contributed by atoms with van der Waals surface area (Å²) in [5.41, 5.74) is 19.8. The van der Waals surface area contributed by atoms with Crippen molar-refractivity contribution in [3.05, 3.63) is 92.7 Å². The fraction of sp³-hybridized carbons (Fsp3) is 0.478. The van der Waals surface area contributed by atoms with E-state index < -0.39 is 18.4 Å². The van der Waals surface area contributed by atoms with E-state index in [0.717, 1.165) is 36.8 Å². The zero-order valence-electron chi connectivity index (χ0n) is 17.5. The third-order valence-corrected chi connectivity index (χ3v) is 5.62. The van der Waals surface area contributed by atoms with Gasteiger partial charge < -0.3 is 9.47 Å². The second-order valence-corrected chi connectivity index (χ2v) is 7.70. The highest BCUT2D eigenvalue weighted by atomic mass is 16.7. The molecule has 1 fully saturated rings. The minimum Gasteiger partial charge on any atom is -0.352 e. The average Bonchev–Trinajstić information content (AvgIpc) is 2.84. The van der Waals surface area contributed by atoms with E-state index in [-0.39, 0.29) is 19.1 Å². The van der Waals surface area contributed by atoms with Crippen molar-refractivity contribution in [2.75, 3.05) is 13.2 Å². The molecule has 8 heteroatoms. The molecular formula is C23H28N6O2. The first-order chi connectivity index (χ1) is 15.3. The molecule has 0 aliphatic heterocycles. The van der Waals surface area contributed by atoms with Gasteiger partial charge >= 0.3 is 0 Å². The minimum atomic E-state index is -0.444. The van der Waals surface area contributed by atoms with E-state index in [1.54, 1.807) is 0 Å². The molecule has 8 nitrogen and oxygen atoms in total. The van der Waals surface area contributed by atoms with E-state index in [9.17, 15) is 0 Å². The van der Waals surface area contributed by atoms with Gasteiger partial charge in [0.05, 0.1) is 25.3 Å². The summed E-state index contributed by atoms with van der Waals surface area (Å²) < 4.78 is 12.4. The van der Waals surface area contributed by atoms with Gasteiger partial charge in [0.15, 0.2) is 6.29 Å². The maximum atomic E-state index is 9.00. The number of azide groups is 2. The van der Waals surface area contributed by atoms with E-state index in [0.29, 0.717) is 0 Å². The molecule has 1 aliphatic rings. The van der Waals surface area contributed by atoms with Gasteiger partial charge in [-0.3, -0.25) is 0 Å². The number of rotatable bonds is 11. The molecule has 0 amide bonds. The molecule has 0 radical (unpaired) electrons. The summed E-state index contributed by atoms with van der Waals surface area (Å²) in [5, 5.41) is 7.83. The molecule has 3 rings (SSSR count). The van der Waals surface area contributed by atoms with Gasteiger partial charge in [-0.1, -0.05) is 90.2 Å². The zero-order chi connectivity index (χ0) is 21.7. The van der Waals surface area contributed by atoms with E-state index in [1.807, 2.05) is 60.7 Å². The Bertz CT molecular complexity index is 810. The van der Waals surface area contributed by atoms with E-state index >= 15 is 0 Å².